The first-order chi connectivity index (χ1) is 11.5. The highest BCUT2D eigenvalue weighted by Crippen LogP contribution is 2.37. The van der Waals surface area contributed by atoms with Crippen LogP contribution in [0.15, 0.2) is 30.3 Å². The van der Waals surface area contributed by atoms with Crippen molar-refractivity contribution in [3.05, 3.63) is 36.0 Å². The van der Waals surface area contributed by atoms with Crippen LogP contribution in [0.1, 0.15) is 38.2 Å². The Labute approximate surface area is 151 Å². The Morgan fingerprint density at radius 2 is 1.80 bits per heavy atom. The molecule has 0 atom stereocenters. The Hall–Kier alpha value is -2.08. The van der Waals surface area contributed by atoms with Crippen LogP contribution in [0.25, 0.3) is 11.3 Å². The number of hydrogen-bond acceptors (Lipinski definition) is 4. The van der Waals surface area contributed by atoms with E-state index in [2.05, 4.69) is 39.0 Å². The van der Waals surface area contributed by atoms with Gasteiger partial charge in [-0.25, -0.2) is 4.79 Å². The fourth-order valence-electron chi connectivity index (χ4n) is 2.15. The minimum atomic E-state index is -1.85. The van der Waals surface area contributed by atoms with Crippen molar-refractivity contribution >= 4 is 14.3 Å². The van der Waals surface area contributed by atoms with Crippen LogP contribution in [0.2, 0.25) is 18.1 Å². The lowest BCUT2D eigenvalue weighted by Crippen LogP contribution is -2.43. The summed E-state index contributed by atoms with van der Waals surface area (Å²) in [5, 5.41) is 4.57. The molecule has 6 heteroatoms. The third-order valence-corrected chi connectivity index (χ3v) is 9.05. The highest BCUT2D eigenvalue weighted by atomic mass is 28.4. The molecular weight excluding hydrogens is 332 g/mol. The maximum absolute atomic E-state index is 11.9. The molecule has 1 aromatic carbocycles. The lowest BCUT2D eigenvalue weighted by atomic mass is 10.1. The molecule has 2 rings (SSSR count). The summed E-state index contributed by atoms with van der Waals surface area (Å²) in [6.45, 7) is 13.3. The molecule has 1 heterocycles. The topological polar surface area (TPSA) is 53.4 Å². The Morgan fingerprint density at radius 1 is 1.20 bits per heavy atom. The van der Waals surface area contributed by atoms with E-state index < -0.39 is 8.32 Å². The molecule has 0 N–H and O–H groups in total. The minimum Gasteiger partial charge on any atom is -0.544 e. The molecule has 0 saturated heterocycles. The largest absolute Gasteiger partial charge is 0.544 e. The molecule has 0 radical (unpaired) electrons. The van der Waals surface area contributed by atoms with Crippen molar-refractivity contribution in [2.24, 2.45) is 7.05 Å². The van der Waals surface area contributed by atoms with Gasteiger partial charge in [0.2, 0.25) is 8.32 Å². The predicted molar refractivity (Wildman–Crippen MR) is 102 cm³/mol. The summed E-state index contributed by atoms with van der Waals surface area (Å²) in [6.07, 6.45) is 0. The standard InChI is InChI=1S/C19H28N2O3Si/c1-8-23-18(22)17-13-16(20-21(17)5)14-9-11-15(12-10-14)24-25(6,7)19(2,3)4/h9-13H,8H2,1-7H3. The zero-order valence-electron chi connectivity index (χ0n) is 16.2. The zero-order chi connectivity index (χ0) is 18.8. The summed E-state index contributed by atoms with van der Waals surface area (Å²) in [5.41, 5.74) is 2.12. The first kappa shape index (κ1) is 19.2. The molecule has 0 aliphatic heterocycles. The van der Waals surface area contributed by atoms with E-state index in [1.54, 1.807) is 24.7 Å². The van der Waals surface area contributed by atoms with Crippen molar-refractivity contribution < 1.29 is 14.0 Å². The van der Waals surface area contributed by atoms with Gasteiger partial charge in [-0.3, -0.25) is 4.68 Å². The number of hydrogen-bond donors (Lipinski definition) is 0. The normalized spacial score (nSPS) is 12.1. The summed E-state index contributed by atoms with van der Waals surface area (Å²) < 4.78 is 12.9. The number of benzene rings is 1. The van der Waals surface area contributed by atoms with Gasteiger partial charge in [0, 0.05) is 12.6 Å². The Balaban J connectivity index is 2.21. The molecule has 0 aliphatic carbocycles. The van der Waals surface area contributed by atoms with Crippen LogP contribution in [0.4, 0.5) is 0 Å². The van der Waals surface area contributed by atoms with E-state index in [1.807, 2.05) is 24.3 Å². The van der Waals surface area contributed by atoms with Gasteiger partial charge in [-0.1, -0.05) is 20.8 Å². The summed E-state index contributed by atoms with van der Waals surface area (Å²) in [7, 11) is -0.111. The molecule has 0 bridgehead atoms. The Morgan fingerprint density at radius 3 is 2.32 bits per heavy atom. The molecule has 0 saturated carbocycles. The van der Waals surface area contributed by atoms with Gasteiger partial charge in [0.25, 0.3) is 0 Å². The van der Waals surface area contributed by atoms with Crippen LogP contribution in [-0.2, 0) is 11.8 Å². The van der Waals surface area contributed by atoms with Gasteiger partial charge in [-0.05, 0) is 55.4 Å². The molecule has 1 aromatic heterocycles. The van der Waals surface area contributed by atoms with Crippen molar-refractivity contribution in [2.45, 2.75) is 45.8 Å². The van der Waals surface area contributed by atoms with E-state index in [9.17, 15) is 4.79 Å². The molecule has 2 aromatic rings. The average molecular weight is 361 g/mol. The first-order valence-corrected chi connectivity index (χ1v) is 11.5. The summed E-state index contributed by atoms with van der Waals surface area (Å²) in [6, 6.07) is 9.63. The third kappa shape index (κ3) is 4.31. The molecule has 0 amide bonds. The number of nitrogens with zero attached hydrogens (tertiary/aromatic N) is 2. The summed E-state index contributed by atoms with van der Waals surface area (Å²) in [5.74, 6) is 0.513. The fourth-order valence-corrected chi connectivity index (χ4v) is 3.18. The second-order valence-corrected chi connectivity index (χ2v) is 12.4. The molecule has 0 unspecified atom stereocenters. The molecule has 0 spiro atoms. The maximum Gasteiger partial charge on any atom is 0.356 e. The van der Waals surface area contributed by atoms with Gasteiger partial charge in [-0.15, -0.1) is 0 Å². The Bertz CT molecular complexity index is 743. The van der Waals surface area contributed by atoms with Crippen molar-refractivity contribution in [1.29, 1.82) is 0 Å². The van der Waals surface area contributed by atoms with Crippen LogP contribution in [-0.4, -0.2) is 30.7 Å². The van der Waals surface area contributed by atoms with Crippen molar-refractivity contribution in [3.63, 3.8) is 0 Å². The van der Waals surface area contributed by atoms with Gasteiger partial charge >= 0.3 is 5.97 Å². The van der Waals surface area contributed by atoms with E-state index in [-0.39, 0.29) is 11.0 Å². The van der Waals surface area contributed by atoms with Gasteiger partial charge in [0.05, 0.1) is 12.3 Å². The lowest BCUT2D eigenvalue weighted by molar-refractivity contribution is 0.0513. The molecular formula is C19H28N2O3Si. The number of rotatable bonds is 5. The van der Waals surface area contributed by atoms with Crippen LogP contribution >= 0.6 is 0 Å². The van der Waals surface area contributed by atoms with Gasteiger partial charge < -0.3 is 9.16 Å². The van der Waals surface area contributed by atoms with Gasteiger partial charge in [-0.2, -0.15) is 5.10 Å². The Kier molecular flexibility index (Phi) is 5.42. The maximum atomic E-state index is 11.9. The highest BCUT2D eigenvalue weighted by molar-refractivity contribution is 6.74. The van der Waals surface area contributed by atoms with E-state index in [0.29, 0.717) is 12.3 Å². The van der Waals surface area contributed by atoms with Crippen LogP contribution in [0.3, 0.4) is 0 Å². The van der Waals surface area contributed by atoms with Crippen molar-refractivity contribution in [2.75, 3.05) is 6.61 Å². The molecule has 0 aliphatic rings. The summed E-state index contributed by atoms with van der Waals surface area (Å²) >= 11 is 0. The second-order valence-electron chi connectivity index (χ2n) is 7.65. The molecule has 0 fully saturated rings. The van der Waals surface area contributed by atoms with E-state index >= 15 is 0 Å². The third-order valence-electron chi connectivity index (χ3n) is 4.69. The minimum absolute atomic E-state index is 0.154. The number of carbonyl (C=O) groups excluding carboxylic acids is 1. The monoisotopic (exact) mass is 360 g/mol. The predicted octanol–water partition coefficient (Wildman–Crippen LogP) is 4.65. The lowest BCUT2D eigenvalue weighted by Gasteiger charge is -2.36. The van der Waals surface area contributed by atoms with E-state index in [4.69, 9.17) is 9.16 Å². The first-order valence-electron chi connectivity index (χ1n) is 8.56. The van der Waals surface area contributed by atoms with Gasteiger partial charge in [0.1, 0.15) is 11.4 Å². The highest BCUT2D eigenvalue weighted by Gasteiger charge is 2.38. The number of aryl methyl sites for hydroxylation is 1. The average Bonchev–Trinajstić information content (AvgIpc) is 2.89. The zero-order valence-corrected chi connectivity index (χ0v) is 17.2. The fraction of sp³-hybridized carbons (Fsp3) is 0.474. The van der Waals surface area contributed by atoms with Crippen LogP contribution < -0.4 is 4.43 Å². The van der Waals surface area contributed by atoms with Gasteiger partial charge in [0.15, 0.2) is 0 Å². The number of ether oxygens (including phenoxy) is 1. The molecule has 25 heavy (non-hydrogen) atoms. The van der Waals surface area contributed by atoms with Crippen LogP contribution in [0, 0.1) is 0 Å². The van der Waals surface area contributed by atoms with Crippen LogP contribution in [0.5, 0.6) is 5.75 Å². The smallest absolute Gasteiger partial charge is 0.356 e. The second kappa shape index (κ2) is 7.04. The summed E-state index contributed by atoms with van der Waals surface area (Å²) in [4.78, 5) is 11.9. The number of carbonyl (C=O) groups is 1. The van der Waals surface area contributed by atoms with E-state index in [1.165, 1.54) is 0 Å². The quantitative estimate of drug-likeness (QED) is 0.575. The number of aromatic nitrogens is 2. The van der Waals surface area contributed by atoms with E-state index in [0.717, 1.165) is 17.0 Å². The van der Waals surface area contributed by atoms with Crippen molar-refractivity contribution in [3.8, 4) is 17.0 Å². The molecule has 136 valence electrons. The van der Waals surface area contributed by atoms with Crippen molar-refractivity contribution in [1.82, 2.24) is 9.78 Å². The number of esters is 1. The SMILES string of the molecule is CCOC(=O)c1cc(-c2ccc(O[Si](C)(C)C(C)(C)C)cc2)nn1C. The molecule has 5 nitrogen and oxygen atoms in total.